The van der Waals surface area contributed by atoms with E-state index in [1.807, 2.05) is 12.1 Å². The Kier molecular flexibility index (Phi) is 6.13. The summed E-state index contributed by atoms with van der Waals surface area (Å²) in [5, 5.41) is 4.12. The second-order valence-corrected chi connectivity index (χ2v) is 6.15. The van der Waals surface area contributed by atoms with Gasteiger partial charge in [-0.05, 0) is 39.8 Å². The highest BCUT2D eigenvalue weighted by molar-refractivity contribution is 5.55. The summed E-state index contributed by atoms with van der Waals surface area (Å²) in [6, 6.07) is 8.66. The van der Waals surface area contributed by atoms with Crippen molar-refractivity contribution in [2.75, 3.05) is 6.54 Å². The Labute approximate surface area is 133 Å². The number of hydrogen-bond acceptors (Lipinski definition) is 4. The molecule has 4 heteroatoms. The van der Waals surface area contributed by atoms with Crippen molar-refractivity contribution in [2.45, 2.75) is 59.5 Å². The minimum atomic E-state index is 0.478. The molecule has 1 heterocycles. The van der Waals surface area contributed by atoms with Crippen LogP contribution in [-0.2, 0) is 6.54 Å². The fourth-order valence-corrected chi connectivity index (χ4v) is 2.48. The lowest BCUT2D eigenvalue weighted by Crippen LogP contribution is -2.31. The highest BCUT2D eigenvalue weighted by atomic mass is 16.5. The van der Waals surface area contributed by atoms with E-state index in [4.69, 9.17) is 4.52 Å². The smallest absolute Gasteiger partial charge is 0.241 e. The van der Waals surface area contributed by atoms with Crippen LogP contribution in [0.3, 0.4) is 0 Å². The van der Waals surface area contributed by atoms with Gasteiger partial charge >= 0.3 is 0 Å². The summed E-state index contributed by atoms with van der Waals surface area (Å²) >= 11 is 0. The Balaban J connectivity index is 2.03. The standard InChI is InChI=1S/C18H27N3O/c1-5-6-7-11-21(14(2)3)13-17-19-18(20-22-17)16-10-8-9-15(4)12-16/h8-10,12,14H,5-7,11,13H2,1-4H3. The third-order valence-corrected chi connectivity index (χ3v) is 3.86. The van der Waals surface area contributed by atoms with Gasteiger partial charge in [-0.15, -0.1) is 0 Å². The maximum Gasteiger partial charge on any atom is 0.241 e. The number of aromatic nitrogens is 2. The number of rotatable bonds is 8. The average Bonchev–Trinajstić information content (AvgIpc) is 2.95. The Morgan fingerprint density at radius 3 is 2.73 bits per heavy atom. The molecule has 0 spiro atoms. The largest absolute Gasteiger partial charge is 0.338 e. The zero-order chi connectivity index (χ0) is 15.9. The van der Waals surface area contributed by atoms with Gasteiger partial charge in [0.2, 0.25) is 11.7 Å². The lowest BCUT2D eigenvalue weighted by Gasteiger charge is -2.24. The highest BCUT2D eigenvalue weighted by Gasteiger charge is 2.15. The Hall–Kier alpha value is -1.68. The highest BCUT2D eigenvalue weighted by Crippen LogP contribution is 2.18. The van der Waals surface area contributed by atoms with Crippen molar-refractivity contribution < 1.29 is 4.52 Å². The van der Waals surface area contributed by atoms with E-state index in [1.54, 1.807) is 0 Å². The molecule has 0 saturated carbocycles. The number of nitrogens with zero attached hydrogens (tertiary/aromatic N) is 3. The molecule has 0 saturated heterocycles. The molecule has 0 amide bonds. The molecule has 0 unspecified atom stereocenters. The predicted octanol–water partition coefficient (Wildman–Crippen LogP) is 4.45. The summed E-state index contributed by atoms with van der Waals surface area (Å²) in [5.74, 6) is 1.37. The second-order valence-electron chi connectivity index (χ2n) is 6.15. The lowest BCUT2D eigenvalue weighted by molar-refractivity contribution is 0.181. The SMILES string of the molecule is CCCCCN(Cc1nc(-c2cccc(C)c2)no1)C(C)C. The van der Waals surface area contributed by atoms with Crippen LogP contribution in [0.5, 0.6) is 0 Å². The zero-order valence-corrected chi connectivity index (χ0v) is 14.2. The van der Waals surface area contributed by atoms with Crippen molar-refractivity contribution in [1.29, 1.82) is 0 Å². The fraction of sp³-hybridized carbons (Fsp3) is 0.556. The van der Waals surface area contributed by atoms with Crippen molar-refractivity contribution in [2.24, 2.45) is 0 Å². The molecule has 2 rings (SSSR count). The second kappa shape index (κ2) is 8.08. The van der Waals surface area contributed by atoms with Crippen molar-refractivity contribution in [3.63, 3.8) is 0 Å². The van der Waals surface area contributed by atoms with Gasteiger partial charge in [0.05, 0.1) is 6.54 Å². The molecule has 0 radical (unpaired) electrons. The van der Waals surface area contributed by atoms with Crippen LogP contribution in [0, 0.1) is 6.92 Å². The number of hydrogen-bond donors (Lipinski definition) is 0. The molecule has 4 nitrogen and oxygen atoms in total. The molecule has 0 aliphatic carbocycles. The van der Waals surface area contributed by atoms with Crippen LogP contribution in [0.25, 0.3) is 11.4 Å². The van der Waals surface area contributed by atoms with E-state index in [2.05, 4.69) is 54.9 Å². The van der Waals surface area contributed by atoms with E-state index >= 15 is 0 Å². The van der Waals surface area contributed by atoms with Crippen LogP contribution in [0.4, 0.5) is 0 Å². The van der Waals surface area contributed by atoms with Crippen molar-refractivity contribution in [1.82, 2.24) is 15.0 Å². The first kappa shape index (κ1) is 16.7. The molecule has 120 valence electrons. The molecular formula is C18H27N3O. The quantitative estimate of drug-likeness (QED) is 0.676. The van der Waals surface area contributed by atoms with Gasteiger partial charge in [0.1, 0.15) is 0 Å². The van der Waals surface area contributed by atoms with Gasteiger partial charge in [-0.25, -0.2) is 0 Å². The van der Waals surface area contributed by atoms with Gasteiger partial charge in [-0.2, -0.15) is 4.98 Å². The molecular weight excluding hydrogens is 274 g/mol. The van der Waals surface area contributed by atoms with E-state index in [0.29, 0.717) is 17.8 Å². The topological polar surface area (TPSA) is 42.2 Å². The van der Waals surface area contributed by atoms with Crippen LogP contribution in [0.15, 0.2) is 28.8 Å². The third-order valence-electron chi connectivity index (χ3n) is 3.86. The third kappa shape index (κ3) is 4.67. The van der Waals surface area contributed by atoms with Gasteiger partial charge in [-0.3, -0.25) is 4.90 Å². The Morgan fingerprint density at radius 2 is 2.05 bits per heavy atom. The summed E-state index contributed by atoms with van der Waals surface area (Å²) in [4.78, 5) is 6.94. The fourth-order valence-electron chi connectivity index (χ4n) is 2.48. The van der Waals surface area contributed by atoms with Crippen LogP contribution in [-0.4, -0.2) is 27.6 Å². The normalized spacial score (nSPS) is 11.5. The van der Waals surface area contributed by atoms with Gasteiger partial charge in [0.25, 0.3) is 0 Å². The lowest BCUT2D eigenvalue weighted by atomic mass is 10.1. The van der Waals surface area contributed by atoms with Gasteiger partial charge in [0.15, 0.2) is 0 Å². The Bertz CT molecular complexity index is 577. The molecule has 1 aromatic carbocycles. The molecule has 0 N–H and O–H groups in total. The minimum Gasteiger partial charge on any atom is -0.338 e. The number of aryl methyl sites for hydroxylation is 1. The van der Waals surface area contributed by atoms with Crippen molar-refractivity contribution in [3.05, 3.63) is 35.7 Å². The molecule has 0 fully saturated rings. The number of benzene rings is 1. The van der Waals surface area contributed by atoms with Crippen molar-refractivity contribution >= 4 is 0 Å². The van der Waals surface area contributed by atoms with E-state index in [1.165, 1.54) is 24.8 Å². The van der Waals surface area contributed by atoms with Crippen LogP contribution >= 0.6 is 0 Å². The van der Waals surface area contributed by atoms with Gasteiger partial charge in [0, 0.05) is 11.6 Å². The molecule has 0 aliphatic rings. The van der Waals surface area contributed by atoms with Crippen LogP contribution in [0.1, 0.15) is 51.5 Å². The van der Waals surface area contributed by atoms with E-state index in [0.717, 1.165) is 18.7 Å². The number of unbranched alkanes of at least 4 members (excludes halogenated alkanes) is 2. The molecule has 0 bridgehead atoms. The van der Waals surface area contributed by atoms with E-state index in [-0.39, 0.29) is 0 Å². The monoisotopic (exact) mass is 301 g/mol. The summed E-state index contributed by atoms with van der Waals surface area (Å²) in [7, 11) is 0. The van der Waals surface area contributed by atoms with E-state index < -0.39 is 0 Å². The maximum absolute atomic E-state index is 5.44. The van der Waals surface area contributed by atoms with Gasteiger partial charge < -0.3 is 4.52 Å². The van der Waals surface area contributed by atoms with Crippen molar-refractivity contribution in [3.8, 4) is 11.4 Å². The first-order chi connectivity index (χ1) is 10.6. The molecule has 0 aliphatic heterocycles. The molecule has 22 heavy (non-hydrogen) atoms. The Morgan fingerprint density at radius 1 is 1.23 bits per heavy atom. The molecule has 1 aromatic heterocycles. The maximum atomic E-state index is 5.44. The van der Waals surface area contributed by atoms with Crippen LogP contribution < -0.4 is 0 Å². The summed E-state index contributed by atoms with van der Waals surface area (Å²) < 4.78 is 5.44. The first-order valence-electron chi connectivity index (χ1n) is 8.23. The summed E-state index contributed by atoms with van der Waals surface area (Å²) in [5.41, 5.74) is 2.21. The van der Waals surface area contributed by atoms with Crippen LogP contribution in [0.2, 0.25) is 0 Å². The zero-order valence-electron chi connectivity index (χ0n) is 14.2. The van der Waals surface area contributed by atoms with Gasteiger partial charge in [-0.1, -0.05) is 48.7 Å². The predicted molar refractivity (Wildman–Crippen MR) is 89.5 cm³/mol. The summed E-state index contributed by atoms with van der Waals surface area (Å²) in [6.45, 7) is 10.5. The van der Waals surface area contributed by atoms with E-state index in [9.17, 15) is 0 Å². The molecule has 2 aromatic rings. The minimum absolute atomic E-state index is 0.478. The molecule has 0 atom stereocenters. The summed E-state index contributed by atoms with van der Waals surface area (Å²) in [6.07, 6.45) is 3.72. The average molecular weight is 301 g/mol. The first-order valence-corrected chi connectivity index (χ1v) is 8.23.